The number of aryl methyl sites for hydroxylation is 1. The minimum Gasteiger partial charge on any atom is -0.454 e. The molecular weight excluding hydrogens is 442 g/mol. The number of hydrogen-bond acceptors (Lipinski definition) is 6. The Morgan fingerprint density at radius 1 is 1.03 bits per heavy atom. The van der Waals surface area contributed by atoms with E-state index in [2.05, 4.69) is 36.9 Å². The van der Waals surface area contributed by atoms with E-state index in [-0.39, 0.29) is 19.2 Å². The maximum Gasteiger partial charge on any atom is 0.232 e. The first kappa shape index (κ1) is 23.2. The molecule has 2 heterocycles. The number of anilines is 2. The van der Waals surface area contributed by atoms with Crippen LogP contribution in [0.25, 0.3) is 0 Å². The smallest absolute Gasteiger partial charge is 0.232 e. The van der Waals surface area contributed by atoms with Gasteiger partial charge in [-0.2, -0.15) is 0 Å². The molecule has 4 rings (SSSR count). The van der Waals surface area contributed by atoms with Crippen molar-refractivity contribution >= 4 is 27.3 Å². The van der Waals surface area contributed by atoms with Crippen molar-refractivity contribution in [2.45, 2.75) is 26.7 Å². The zero-order valence-electron chi connectivity index (χ0n) is 19.4. The number of benzene rings is 2. The van der Waals surface area contributed by atoms with Crippen molar-refractivity contribution < 1.29 is 22.7 Å². The predicted molar refractivity (Wildman–Crippen MR) is 129 cm³/mol. The molecular formula is C24H31N3O5S. The van der Waals surface area contributed by atoms with Gasteiger partial charge in [0.1, 0.15) is 0 Å². The van der Waals surface area contributed by atoms with Crippen LogP contribution in [0.15, 0.2) is 36.4 Å². The van der Waals surface area contributed by atoms with Crippen molar-refractivity contribution in [3.8, 4) is 11.5 Å². The number of ether oxygens (including phenoxy) is 2. The van der Waals surface area contributed by atoms with Gasteiger partial charge >= 0.3 is 0 Å². The number of amides is 1. The second-order valence-electron chi connectivity index (χ2n) is 8.56. The van der Waals surface area contributed by atoms with Crippen LogP contribution < -0.4 is 18.7 Å². The summed E-state index contributed by atoms with van der Waals surface area (Å²) in [6.45, 7) is 7.53. The maximum atomic E-state index is 12.8. The van der Waals surface area contributed by atoms with E-state index in [0.29, 0.717) is 43.1 Å². The van der Waals surface area contributed by atoms with Crippen molar-refractivity contribution in [2.24, 2.45) is 0 Å². The van der Waals surface area contributed by atoms with E-state index in [1.165, 1.54) is 27.4 Å². The standard InChI is InChI=1S/C24H31N3O5S/c1-18-6-4-7-21(19(18)2)25-12-14-26(15-13-25)24(28)8-5-11-27(33(3,29)30)20-9-10-22-23(16-20)32-17-31-22/h4,6-7,9-10,16H,5,8,11-15,17H2,1-3H3. The van der Waals surface area contributed by atoms with Gasteiger partial charge in [0, 0.05) is 50.9 Å². The van der Waals surface area contributed by atoms with Crippen molar-refractivity contribution in [3.05, 3.63) is 47.5 Å². The Hall–Kier alpha value is -2.94. The van der Waals surface area contributed by atoms with Crippen molar-refractivity contribution in [2.75, 3.05) is 55.0 Å². The number of piperazine rings is 1. The molecule has 2 aliphatic heterocycles. The molecule has 0 N–H and O–H groups in total. The Morgan fingerprint density at radius 3 is 2.48 bits per heavy atom. The first-order chi connectivity index (χ1) is 15.7. The van der Waals surface area contributed by atoms with Gasteiger partial charge in [-0.1, -0.05) is 12.1 Å². The maximum absolute atomic E-state index is 12.8. The molecule has 0 spiro atoms. The zero-order valence-corrected chi connectivity index (χ0v) is 20.2. The predicted octanol–water partition coefficient (Wildman–Crippen LogP) is 2.93. The summed E-state index contributed by atoms with van der Waals surface area (Å²) in [5, 5.41) is 0. The van der Waals surface area contributed by atoms with Gasteiger partial charge in [0.15, 0.2) is 11.5 Å². The fraction of sp³-hybridized carbons (Fsp3) is 0.458. The molecule has 1 saturated heterocycles. The number of carbonyl (C=O) groups is 1. The van der Waals surface area contributed by atoms with E-state index >= 15 is 0 Å². The summed E-state index contributed by atoms with van der Waals surface area (Å²) in [7, 11) is -3.50. The highest BCUT2D eigenvalue weighted by Gasteiger charge is 2.24. The molecule has 0 unspecified atom stereocenters. The molecule has 8 nitrogen and oxygen atoms in total. The van der Waals surface area contributed by atoms with Crippen LogP contribution in [0.2, 0.25) is 0 Å². The Bertz CT molecular complexity index is 1130. The van der Waals surface area contributed by atoms with Gasteiger partial charge in [0.2, 0.25) is 22.7 Å². The number of hydrogen-bond donors (Lipinski definition) is 0. The molecule has 33 heavy (non-hydrogen) atoms. The van der Waals surface area contributed by atoms with E-state index in [4.69, 9.17) is 9.47 Å². The van der Waals surface area contributed by atoms with Gasteiger partial charge in [0.25, 0.3) is 0 Å². The third-order valence-electron chi connectivity index (χ3n) is 6.35. The fourth-order valence-corrected chi connectivity index (χ4v) is 5.29. The van der Waals surface area contributed by atoms with Gasteiger partial charge in [-0.25, -0.2) is 8.42 Å². The summed E-state index contributed by atoms with van der Waals surface area (Å²) in [5.74, 6) is 1.19. The molecule has 2 aromatic carbocycles. The number of sulfonamides is 1. The highest BCUT2D eigenvalue weighted by molar-refractivity contribution is 7.92. The van der Waals surface area contributed by atoms with Crippen LogP contribution in [-0.2, 0) is 14.8 Å². The van der Waals surface area contributed by atoms with E-state index in [9.17, 15) is 13.2 Å². The van der Waals surface area contributed by atoms with Crippen LogP contribution in [0.4, 0.5) is 11.4 Å². The quantitative estimate of drug-likeness (QED) is 0.615. The molecule has 2 aliphatic rings. The molecule has 0 saturated carbocycles. The monoisotopic (exact) mass is 473 g/mol. The minimum absolute atomic E-state index is 0.0646. The van der Waals surface area contributed by atoms with E-state index < -0.39 is 10.0 Å². The SMILES string of the molecule is Cc1cccc(N2CCN(C(=O)CCCN(c3ccc4c(c3)OCO4)S(C)(=O)=O)CC2)c1C. The Labute approximate surface area is 195 Å². The second-order valence-corrected chi connectivity index (χ2v) is 10.5. The summed E-state index contributed by atoms with van der Waals surface area (Å²) in [6.07, 6.45) is 1.92. The summed E-state index contributed by atoms with van der Waals surface area (Å²) >= 11 is 0. The molecule has 178 valence electrons. The van der Waals surface area contributed by atoms with Gasteiger partial charge in [-0.15, -0.1) is 0 Å². The summed E-state index contributed by atoms with van der Waals surface area (Å²) in [6, 6.07) is 11.4. The molecule has 0 atom stereocenters. The highest BCUT2D eigenvalue weighted by atomic mass is 32.2. The lowest BCUT2D eigenvalue weighted by atomic mass is 10.1. The first-order valence-electron chi connectivity index (χ1n) is 11.2. The third-order valence-corrected chi connectivity index (χ3v) is 7.54. The van der Waals surface area contributed by atoms with Crippen molar-refractivity contribution in [1.82, 2.24) is 4.90 Å². The topological polar surface area (TPSA) is 79.4 Å². The van der Waals surface area contributed by atoms with Gasteiger partial charge < -0.3 is 19.3 Å². The number of nitrogens with zero attached hydrogens (tertiary/aromatic N) is 3. The van der Waals surface area contributed by atoms with Gasteiger partial charge in [-0.05, 0) is 49.6 Å². The molecule has 9 heteroatoms. The Morgan fingerprint density at radius 2 is 1.76 bits per heavy atom. The fourth-order valence-electron chi connectivity index (χ4n) is 4.33. The largest absolute Gasteiger partial charge is 0.454 e. The number of rotatable bonds is 7. The number of fused-ring (bicyclic) bond motifs is 1. The molecule has 0 aromatic heterocycles. The molecule has 2 aromatic rings. The second kappa shape index (κ2) is 9.51. The average Bonchev–Trinajstić information content (AvgIpc) is 3.25. The summed E-state index contributed by atoms with van der Waals surface area (Å²) in [5.41, 5.74) is 4.29. The molecule has 0 aliphatic carbocycles. The van der Waals surface area contributed by atoms with Crippen LogP contribution in [-0.4, -0.2) is 65.0 Å². The van der Waals surface area contributed by atoms with Crippen LogP contribution in [0.3, 0.4) is 0 Å². The van der Waals surface area contributed by atoms with Gasteiger partial charge in [-0.3, -0.25) is 9.10 Å². The van der Waals surface area contributed by atoms with Crippen LogP contribution in [0, 0.1) is 13.8 Å². The first-order valence-corrected chi connectivity index (χ1v) is 13.0. The van der Waals surface area contributed by atoms with E-state index in [1.54, 1.807) is 18.2 Å². The zero-order chi connectivity index (χ0) is 23.6. The molecule has 1 amide bonds. The third kappa shape index (κ3) is 5.19. The molecule has 0 bridgehead atoms. The lowest BCUT2D eigenvalue weighted by Gasteiger charge is -2.37. The van der Waals surface area contributed by atoms with E-state index in [0.717, 1.165) is 13.1 Å². The van der Waals surface area contributed by atoms with Crippen molar-refractivity contribution in [3.63, 3.8) is 0 Å². The summed E-state index contributed by atoms with van der Waals surface area (Å²) < 4.78 is 36.8. The van der Waals surface area contributed by atoms with Crippen LogP contribution in [0.5, 0.6) is 11.5 Å². The summed E-state index contributed by atoms with van der Waals surface area (Å²) in [4.78, 5) is 17.0. The lowest BCUT2D eigenvalue weighted by molar-refractivity contribution is -0.131. The average molecular weight is 474 g/mol. The Balaban J connectivity index is 1.31. The lowest BCUT2D eigenvalue weighted by Crippen LogP contribution is -2.49. The van der Waals surface area contributed by atoms with Crippen LogP contribution >= 0.6 is 0 Å². The van der Waals surface area contributed by atoms with Crippen LogP contribution in [0.1, 0.15) is 24.0 Å². The normalized spacial score (nSPS) is 15.6. The molecule has 1 fully saturated rings. The number of carbonyl (C=O) groups excluding carboxylic acids is 1. The van der Waals surface area contributed by atoms with E-state index in [1.807, 2.05) is 4.90 Å². The van der Waals surface area contributed by atoms with Crippen molar-refractivity contribution in [1.29, 1.82) is 0 Å². The minimum atomic E-state index is -3.50. The highest BCUT2D eigenvalue weighted by Crippen LogP contribution is 2.36. The van der Waals surface area contributed by atoms with Gasteiger partial charge in [0.05, 0.1) is 11.9 Å². The molecule has 0 radical (unpaired) electrons. The Kier molecular flexibility index (Phi) is 6.69.